The van der Waals surface area contributed by atoms with E-state index in [0.29, 0.717) is 28.2 Å². The number of amides is 1. The van der Waals surface area contributed by atoms with Gasteiger partial charge in [0.15, 0.2) is 11.5 Å². The molecule has 2 N–H and O–H groups in total. The van der Waals surface area contributed by atoms with Crippen molar-refractivity contribution in [2.45, 2.75) is 50.9 Å². The lowest BCUT2D eigenvalue weighted by Crippen LogP contribution is -2.33. The summed E-state index contributed by atoms with van der Waals surface area (Å²) < 4.78 is 79.1. The molecule has 1 unspecified atom stereocenters. The second-order valence-corrected chi connectivity index (χ2v) is 9.66. The molecule has 13 heteroatoms. The zero-order chi connectivity index (χ0) is 28.6. The van der Waals surface area contributed by atoms with Crippen LogP contribution in [0, 0.1) is 18.6 Å². The molecule has 0 saturated heterocycles. The number of halogens is 5. The van der Waals surface area contributed by atoms with E-state index < -0.39 is 42.6 Å². The van der Waals surface area contributed by atoms with Crippen molar-refractivity contribution in [3.8, 4) is 22.8 Å². The van der Waals surface area contributed by atoms with Gasteiger partial charge in [0.25, 0.3) is 5.91 Å². The fourth-order valence-corrected chi connectivity index (χ4v) is 4.38. The van der Waals surface area contributed by atoms with Crippen LogP contribution in [0.3, 0.4) is 0 Å². The van der Waals surface area contributed by atoms with Gasteiger partial charge in [0, 0.05) is 30.1 Å². The van der Waals surface area contributed by atoms with Gasteiger partial charge in [-0.3, -0.25) is 4.79 Å². The lowest BCUT2D eigenvalue weighted by molar-refractivity contribution is -0.133. The number of ether oxygens (including phenoxy) is 2. The van der Waals surface area contributed by atoms with Crippen LogP contribution in [-0.4, -0.2) is 47.3 Å². The van der Waals surface area contributed by atoms with Crippen molar-refractivity contribution in [1.82, 2.24) is 20.3 Å². The summed E-state index contributed by atoms with van der Waals surface area (Å²) in [6, 6.07) is 6.97. The van der Waals surface area contributed by atoms with Crippen molar-refractivity contribution >= 4 is 11.8 Å². The number of carbonyl (C=O) groups excluding carboxylic acids is 1. The minimum absolute atomic E-state index is 0.0687. The zero-order valence-electron chi connectivity index (χ0n) is 21.6. The number of nitrogens with one attached hydrogen (secondary N) is 2. The Kier molecular flexibility index (Phi) is 7.49. The predicted molar refractivity (Wildman–Crippen MR) is 135 cm³/mol. The number of carbonyl (C=O) groups is 1. The van der Waals surface area contributed by atoms with Crippen LogP contribution in [0.4, 0.5) is 22.0 Å². The fourth-order valence-electron chi connectivity index (χ4n) is 4.38. The Labute approximate surface area is 226 Å². The maximum Gasteiger partial charge on any atom is 0.390 e. The molecule has 0 spiro atoms. The third-order valence-electron chi connectivity index (χ3n) is 6.60. The quantitative estimate of drug-likeness (QED) is 0.365. The molecule has 1 aliphatic heterocycles. The molecule has 1 atom stereocenters. The van der Waals surface area contributed by atoms with Crippen LogP contribution in [0.15, 0.2) is 41.6 Å². The molecule has 2 aliphatic rings. The molecule has 3 aromatic rings. The normalized spacial score (nSPS) is 16.8. The third kappa shape index (κ3) is 5.93. The monoisotopic (exact) mass is 563 g/mol. The fraction of sp³-hybridized carbons (Fsp3) is 0.370. The van der Waals surface area contributed by atoms with Crippen molar-refractivity contribution in [2.75, 3.05) is 13.7 Å². The van der Waals surface area contributed by atoms with Gasteiger partial charge in [-0.2, -0.15) is 22.0 Å². The SMILES string of the molecule is COc1ccc(OC2=Nn3c(-c4ccc(C(=O)NC5CC5)c(C)c4)cnc3C(NCCC(F)(F)F)C2)c(F)c1F. The highest BCUT2D eigenvalue weighted by molar-refractivity contribution is 5.96. The molecule has 5 rings (SSSR count). The van der Waals surface area contributed by atoms with Crippen molar-refractivity contribution < 1.29 is 36.2 Å². The molecule has 8 nitrogen and oxygen atoms in total. The number of benzene rings is 2. The average molecular weight is 564 g/mol. The van der Waals surface area contributed by atoms with Crippen LogP contribution in [0.2, 0.25) is 0 Å². The molecule has 1 aliphatic carbocycles. The van der Waals surface area contributed by atoms with E-state index in [4.69, 9.17) is 9.47 Å². The van der Waals surface area contributed by atoms with Crippen LogP contribution in [-0.2, 0) is 0 Å². The first-order chi connectivity index (χ1) is 19.0. The molecule has 0 radical (unpaired) electrons. The molecular formula is C27H26F5N5O3. The Hall–Kier alpha value is -4.00. The van der Waals surface area contributed by atoms with Crippen LogP contribution in [0.5, 0.6) is 11.5 Å². The number of methoxy groups -OCH3 is 1. The van der Waals surface area contributed by atoms with Crippen LogP contribution >= 0.6 is 0 Å². The maximum atomic E-state index is 14.6. The summed E-state index contributed by atoms with van der Waals surface area (Å²) in [4.78, 5) is 16.9. The predicted octanol–water partition coefficient (Wildman–Crippen LogP) is 5.26. The smallest absolute Gasteiger partial charge is 0.390 e. The second kappa shape index (κ2) is 10.9. The number of aromatic nitrogens is 2. The number of imidazole rings is 1. The molecular weight excluding hydrogens is 537 g/mol. The number of aryl methyl sites for hydroxylation is 1. The third-order valence-corrected chi connectivity index (χ3v) is 6.60. The topological polar surface area (TPSA) is 89.8 Å². The number of nitrogens with zero attached hydrogens (tertiary/aromatic N) is 3. The largest absolute Gasteiger partial charge is 0.494 e. The molecule has 1 fully saturated rings. The summed E-state index contributed by atoms with van der Waals surface area (Å²) in [5.41, 5.74) is 2.33. The van der Waals surface area contributed by atoms with Crippen molar-refractivity contribution in [1.29, 1.82) is 0 Å². The van der Waals surface area contributed by atoms with E-state index >= 15 is 0 Å². The highest BCUT2D eigenvalue weighted by Crippen LogP contribution is 2.33. The summed E-state index contributed by atoms with van der Waals surface area (Å²) in [5, 5.41) is 10.2. The summed E-state index contributed by atoms with van der Waals surface area (Å²) in [7, 11) is 1.19. The highest BCUT2D eigenvalue weighted by atomic mass is 19.4. The summed E-state index contributed by atoms with van der Waals surface area (Å²) in [6.07, 6.45) is -2.10. The van der Waals surface area contributed by atoms with Gasteiger partial charge in [-0.1, -0.05) is 6.07 Å². The Morgan fingerprint density at radius 1 is 1.12 bits per heavy atom. The first-order valence-electron chi connectivity index (χ1n) is 12.6. The second-order valence-electron chi connectivity index (χ2n) is 9.66. The van der Waals surface area contributed by atoms with E-state index in [-0.39, 0.29) is 30.0 Å². The Morgan fingerprint density at radius 2 is 1.85 bits per heavy atom. The van der Waals surface area contributed by atoms with Crippen molar-refractivity contribution in [3.05, 3.63) is 65.1 Å². The zero-order valence-corrected chi connectivity index (χ0v) is 21.6. The molecule has 212 valence electrons. The standard InChI is InChI=1S/C27H26F5N5O3/c1-14-11-15(3-6-17(14)26(38)35-16-4-5-16)19-13-34-25-18(33-10-9-27(30,31)32)12-22(36-37(19)25)40-21-8-7-20(39-2)23(28)24(21)29/h3,6-8,11,13,16,18,33H,4-5,9-10,12H2,1-2H3,(H,35,38). The number of fused-ring (bicyclic) bond motifs is 1. The minimum Gasteiger partial charge on any atom is -0.494 e. The number of rotatable bonds is 8. The van der Waals surface area contributed by atoms with Gasteiger partial charge < -0.3 is 20.1 Å². The molecule has 0 bridgehead atoms. The number of alkyl halides is 3. The van der Waals surface area contributed by atoms with Gasteiger partial charge in [0.05, 0.1) is 31.5 Å². The van der Waals surface area contributed by atoms with E-state index in [2.05, 4.69) is 20.7 Å². The van der Waals surface area contributed by atoms with E-state index in [1.807, 2.05) is 0 Å². The maximum absolute atomic E-state index is 14.6. The molecule has 1 aromatic heterocycles. The molecule has 1 amide bonds. The molecule has 2 heterocycles. The average Bonchev–Trinajstić information content (AvgIpc) is 3.61. The van der Waals surface area contributed by atoms with E-state index in [0.717, 1.165) is 12.8 Å². The first-order valence-corrected chi connectivity index (χ1v) is 12.6. The Balaban J connectivity index is 1.47. The highest BCUT2D eigenvalue weighted by Gasteiger charge is 2.32. The van der Waals surface area contributed by atoms with E-state index in [9.17, 15) is 26.7 Å². The van der Waals surface area contributed by atoms with Gasteiger partial charge >= 0.3 is 6.18 Å². The lowest BCUT2D eigenvalue weighted by Gasteiger charge is -2.25. The summed E-state index contributed by atoms with van der Waals surface area (Å²) >= 11 is 0. The molecule has 1 saturated carbocycles. The Bertz CT molecular complexity index is 1470. The molecule has 40 heavy (non-hydrogen) atoms. The van der Waals surface area contributed by atoms with Crippen molar-refractivity contribution in [3.63, 3.8) is 0 Å². The van der Waals surface area contributed by atoms with Gasteiger partial charge in [-0.15, -0.1) is 5.10 Å². The number of hydrogen-bond donors (Lipinski definition) is 2. The van der Waals surface area contributed by atoms with Gasteiger partial charge in [-0.05, 0) is 49.6 Å². The minimum atomic E-state index is -4.37. The van der Waals surface area contributed by atoms with Crippen LogP contribution in [0.1, 0.15) is 53.5 Å². The first kappa shape index (κ1) is 27.6. The van der Waals surface area contributed by atoms with Gasteiger partial charge in [0.1, 0.15) is 5.82 Å². The Morgan fingerprint density at radius 3 is 2.52 bits per heavy atom. The van der Waals surface area contributed by atoms with Crippen LogP contribution in [0.25, 0.3) is 11.3 Å². The number of hydrogen-bond acceptors (Lipinski definition) is 6. The van der Waals surface area contributed by atoms with Gasteiger partial charge in [0.2, 0.25) is 17.5 Å². The van der Waals surface area contributed by atoms with E-state index in [1.165, 1.54) is 30.1 Å². The van der Waals surface area contributed by atoms with Crippen LogP contribution < -0.4 is 20.1 Å². The van der Waals surface area contributed by atoms with Gasteiger partial charge in [-0.25, -0.2) is 9.66 Å². The lowest BCUT2D eigenvalue weighted by atomic mass is 10.0. The summed E-state index contributed by atoms with van der Waals surface area (Å²) in [5.74, 6) is -3.24. The van der Waals surface area contributed by atoms with E-state index in [1.54, 1.807) is 25.1 Å². The molecule has 2 aromatic carbocycles. The van der Waals surface area contributed by atoms with Crippen molar-refractivity contribution in [2.24, 2.45) is 5.10 Å². The summed E-state index contributed by atoms with van der Waals surface area (Å²) in [6.45, 7) is 1.39.